The maximum Gasteiger partial charge on any atom is 0.313 e. The fraction of sp³-hybridized carbons (Fsp3) is 0.455. The number of hydrogen-bond acceptors (Lipinski definition) is 6. The molecule has 8 heteroatoms. The summed E-state index contributed by atoms with van der Waals surface area (Å²) in [5.41, 5.74) is 0.788. The molecule has 2 aromatic heterocycles. The van der Waals surface area contributed by atoms with Crippen LogP contribution in [0.15, 0.2) is 16.6 Å². The first kappa shape index (κ1) is 14.0. The predicted molar refractivity (Wildman–Crippen MR) is 74.4 cm³/mol. The fourth-order valence-corrected chi connectivity index (χ4v) is 2.95. The number of aryl methyl sites for hydroxylation is 1. The van der Waals surface area contributed by atoms with Crippen molar-refractivity contribution in [3.8, 4) is 10.7 Å². The van der Waals surface area contributed by atoms with Crippen LogP contribution in [0.1, 0.15) is 19.8 Å². The largest absolute Gasteiger partial charge is 0.481 e. The normalized spacial score (nSPS) is 10.8. The molecule has 1 N–H and O–H groups in total. The molecule has 0 radical (unpaired) electrons. The molecule has 0 atom stereocenters. The van der Waals surface area contributed by atoms with Gasteiger partial charge in [-0.05, 0) is 12.5 Å². The van der Waals surface area contributed by atoms with E-state index in [1.807, 2.05) is 16.9 Å². The highest BCUT2D eigenvalue weighted by atomic mass is 32.2. The van der Waals surface area contributed by atoms with Gasteiger partial charge in [0.1, 0.15) is 5.69 Å². The lowest BCUT2D eigenvalue weighted by atomic mass is 10.3. The minimum absolute atomic E-state index is 0.000423. The molecule has 0 aromatic carbocycles. The Labute approximate surface area is 118 Å². The van der Waals surface area contributed by atoms with Crippen molar-refractivity contribution in [1.82, 2.24) is 20.0 Å². The number of carbonyl (C=O) groups is 1. The number of aliphatic carboxylic acids is 1. The standard InChI is InChI=1S/C11H14N4O2S2/c1-2-3-5-15-6-4-8(14-15)10-12-13-11(19-10)18-7-9(16)17/h4,6H,2-3,5,7H2,1H3,(H,16,17). The molecule has 2 heterocycles. The van der Waals surface area contributed by atoms with Crippen molar-refractivity contribution in [3.63, 3.8) is 0 Å². The van der Waals surface area contributed by atoms with Crippen LogP contribution in [0.2, 0.25) is 0 Å². The second-order valence-electron chi connectivity index (χ2n) is 3.87. The molecule has 0 aliphatic heterocycles. The summed E-state index contributed by atoms with van der Waals surface area (Å²) in [6.07, 6.45) is 4.15. The van der Waals surface area contributed by atoms with Crippen molar-refractivity contribution in [3.05, 3.63) is 12.3 Å². The van der Waals surface area contributed by atoms with Crippen LogP contribution in [0.3, 0.4) is 0 Å². The van der Waals surface area contributed by atoms with Crippen LogP contribution in [0.5, 0.6) is 0 Å². The van der Waals surface area contributed by atoms with E-state index in [0.29, 0.717) is 4.34 Å². The Morgan fingerprint density at radius 3 is 3.11 bits per heavy atom. The van der Waals surface area contributed by atoms with E-state index in [1.54, 1.807) is 0 Å². The highest BCUT2D eigenvalue weighted by molar-refractivity contribution is 8.01. The van der Waals surface area contributed by atoms with Gasteiger partial charge in [-0.15, -0.1) is 10.2 Å². The van der Waals surface area contributed by atoms with Gasteiger partial charge in [-0.1, -0.05) is 36.4 Å². The Bertz CT molecular complexity index is 552. The van der Waals surface area contributed by atoms with E-state index >= 15 is 0 Å². The maximum atomic E-state index is 10.5. The van der Waals surface area contributed by atoms with Gasteiger partial charge < -0.3 is 5.11 Å². The average Bonchev–Trinajstić information content (AvgIpc) is 3.02. The number of thioether (sulfide) groups is 1. The monoisotopic (exact) mass is 298 g/mol. The van der Waals surface area contributed by atoms with Gasteiger partial charge in [0.25, 0.3) is 0 Å². The summed E-state index contributed by atoms with van der Waals surface area (Å²) >= 11 is 2.54. The Balaban J connectivity index is 2.01. The lowest BCUT2D eigenvalue weighted by Gasteiger charge is -1.97. The Morgan fingerprint density at radius 2 is 2.37 bits per heavy atom. The zero-order chi connectivity index (χ0) is 13.7. The zero-order valence-corrected chi connectivity index (χ0v) is 12.1. The Kier molecular flexibility index (Phi) is 4.92. The number of aromatic nitrogens is 4. The van der Waals surface area contributed by atoms with Gasteiger partial charge in [0.05, 0.1) is 5.75 Å². The van der Waals surface area contributed by atoms with E-state index in [0.717, 1.165) is 30.1 Å². The molecule has 0 amide bonds. The minimum Gasteiger partial charge on any atom is -0.481 e. The summed E-state index contributed by atoms with van der Waals surface area (Å²) in [4.78, 5) is 10.5. The topological polar surface area (TPSA) is 80.9 Å². The van der Waals surface area contributed by atoms with Gasteiger partial charge in [-0.25, -0.2) is 0 Å². The van der Waals surface area contributed by atoms with Gasteiger partial charge in [0, 0.05) is 12.7 Å². The van der Waals surface area contributed by atoms with E-state index in [-0.39, 0.29) is 5.75 Å². The molecule has 2 rings (SSSR count). The molecule has 19 heavy (non-hydrogen) atoms. The number of hydrogen-bond donors (Lipinski definition) is 1. The van der Waals surface area contributed by atoms with Crippen molar-refractivity contribution < 1.29 is 9.90 Å². The zero-order valence-electron chi connectivity index (χ0n) is 10.4. The van der Waals surface area contributed by atoms with Crippen molar-refractivity contribution in [2.45, 2.75) is 30.6 Å². The van der Waals surface area contributed by atoms with Gasteiger partial charge >= 0.3 is 5.97 Å². The summed E-state index contributed by atoms with van der Waals surface area (Å²) in [6.45, 7) is 3.04. The maximum absolute atomic E-state index is 10.5. The molecule has 0 fully saturated rings. The first-order valence-electron chi connectivity index (χ1n) is 5.91. The quantitative estimate of drug-likeness (QED) is 0.790. The van der Waals surface area contributed by atoms with E-state index in [1.165, 1.54) is 23.1 Å². The Morgan fingerprint density at radius 1 is 1.53 bits per heavy atom. The molecular weight excluding hydrogens is 284 g/mol. The Hall–Kier alpha value is -1.41. The van der Waals surface area contributed by atoms with Crippen LogP contribution in [0.25, 0.3) is 10.7 Å². The van der Waals surface area contributed by atoms with Crippen LogP contribution >= 0.6 is 23.1 Å². The van der Waals surface area contributed by atoms with Crippen molar-refractivity contribution in [2.75, 3.05) is 5.75 Å². The third-order valence-corrected chi connectivity index (χ3v) is 4.39. The summed E-state index contributed by atoms with van der Waals surface area (Å²) in [5, 5.41) is 21.7. The van der Waals surface area contributed by atoms with E-state index in [9.17, 15) is 4.79 Å². The lowest BCUT2D eigenvalue weighted by Crippen LogP contribution is -1.97. The third kappa shape index (κ3) is 4.03. The van der Waals surface area contributed by atoms with Crippen molar-refractivity contribution in [1.29, 1.82) is 0 Å². The fourth-order valence-electron chi connectivity index (χ4n) is 1.42. The number of rotatable bonds is 7. The molecule has 0 unspecified atom stereocenters. The number of nitrogens with zero attached hydrogens (tertiary/aromatic N) is 4. The van der Waals surface area contributed by atoms with Crippen LogP contribution < -0.4 is 0 Å². The van der Waals surface area contributed by atoms with Gasteiger partial charge in [-0.3, -0.25) is 9.48 Å². The number of carboxylic acids is 1. The highest BCUT2D eigenvalue weighted by Crippen LogP contribution is 2.28. The molecule has 102 valence electrons. The van der Waals surface area contributed by atoms with Crippen LogP contribution in [0.4, 0.5) is 0 Å². The van der Waals surface area contributed by atoms with Gasteiger partial charge in [0.15, 0.2) is 9.35 Å². The highest BCUT2D eigenvalue weighted by Gasteiger charge is 2.11. The van der Waals surface area contributed by atoms with Gasteiger partial charge in [-0.2, -0.15) is 5.10 Å². The second kappa shape index (κ2) is 6.67. The second-order valence-corrected chi connectivity index (χ2v) is 6.07. The molecule has 0 spiro atoms. The first-order valence-corrected chi connectivity index (χ1v) is 7.71. The number of carboxylic acid groups (broad SMARTS) is 1. The molecule has 6 nitrogen and oxygen atoms in total. The summed E-state index contributed by atoms with van der Waals surface area (Å²) < 4.78 is 2.55. The molecule has 0 aliphatic rings. The van der Waals surface area contributed by atoms with Crippen LogP contribution in [0, 0.1) is 0 Å². The van der Waals surface area contributed by atoms with Crippen molar-refractivity contribution in [2.24, 2.45) is 0 Å². The lowest BCUT2D eigenvalue weighted by molar-refractivity contribution is -0.133. The molecule has 0 saturated heterocycles. The van der Waals surface area contributed by atoms with E-state index in [2.05, 4.69) is 22.2 Å². The summed E-state index contributed by atoms with van der Waals surface area (Å²) in [7, 11) is 0. The van der Waals surface area contributed by atoms with Crippen LogP contribution in [-0.4, -0.2) is 36.8 Å². The smallest absolute Gasteiger partial charge is 0.313 e. The van der Waals surface area contributed by atoms with Crippen molar-refractivity contribution >= 4 is 29.1 Å². The molecular formula is C11H14N4O2S2. The third-order valence-electron chi connectivity index (χ3n) is 2.33. The molecule has 2 aromatic rings. The van der Waals surface area contributed by atoms with E-state index in [4.69, 9.17) is 5.11 Å². The predicted octanol–water partition coefficient (Wildman–Crippen LogP) is 2.38. The average molecular weight is 298 g/mol. The first-order chi connectivity index (χ1) is 9.19. The molecule has 0 bridgehead atoms. The summed E-state index contributed by atoms with van der Waals surface area (Å²) in [6, 6.07) is 1.90. The number of unbranched alkanes of at least 4 members (excludes halogenated alkanes) is 1. The van der Waals surface area contributed by atoms with Crippen LogP contribution in [-0.2, 0) is 11.3 Å². The molecule has 0 aliphatic carbocycles. The molecule has 0 saturated carbocycles. The SMILES string of the molecule is CCCCn1ccc(-c2nnc(SCC(=O)O)s2)n1. The summed E-state index contributed by atoms with van der Waals surface area (Å²) in [5.74, 6) is -0.856. The minimum atomic E-state index is -0.856. The van der Waals surface area contributed by atoms with E-state index < -0.39 is 5.97 Å². The van der Waals surface area contributed by atoms with Gasteiger partial charge in [0.2, 0.25) is 0 Å².